The Hall–Kier alpha value is -1.07. The van der Waals surface area contributed by atoms with Crippen LogP contribution in [0.3, 0.4) is 0 Å². The summed E-state index contributed by atoms with van der Waals surface area (Å²) in [6, 6.07) is 5.35. The van der Waals surface area contributed by atoms with Crippen LogP contribution >= 0.6 is 15.9 Å². The van der Waals surface area contributed by atoms with Crippen LogP contribution in [0.1, 0.15) is 24.2 Å². The van der Waals surface area contributed by atoms with Crippen molar-refractivity contribution in [2.45, 2.75) is 13.8 Å². The minimum Gasteiger partial charge on any atom is -0.478 e. The van der Waals surface area contributed by atoms with E-state index in [2.05, 4.69) is 39.6 Å². The van der Waals surface area contributed by atoms with E-state index in [4.69, 9.17) is 0 Å². The highest BCUT2D eigenvalue weighted by atomic mass is 79.9. The highest BCUT2D eigenvalue weighted by molar-refractivity contribution is 9.10. The zero-order valence-corrected chi connectivity index (χ0v) is 13.6. The van der Waals surface area contributed by atoms with Crippen LogP contribution < -0.4 is 4.90 Å². The van der Waals surface area contributed by atoms with E-state index in [1.807, 2.05) is 6.07 Å². The van der Waals surface area contributed by atoms with Crippen LogP contribution in [0.2, 0.25) is 0 Å². The van der Waals surface area contributed by atoms with Gasteiger partial charge in [-0.3, -0.25) is 4.90 Å². The third-order valence-electron chi connectivity index (χ3n) is 3.53. The van der Waals surface area contributed by atoms with Gasteiger partial charge in [0.05, 0.1) is 11.3 Å². The molecular formula is C15H21BrN2O2. The Labute approximate surface area is 128 Å². The number of rotatable bonds is 4. The Kier molecular flexibility index (Phi) is 5.05. The van der Waals surface area contributed by atoms with Gasteiger partial charge >= 0.3 is 5.97 Å². The number of aromatic carboxylic acids is 1. The lowest BCUT2D eigenvalue weighted by Crippen LogP contribution is -2.47. The first kappa shape index (κ1) is 15.3. The SMILES string of the molecule is CC(C)CN1CCN(c2cc(Br)ccc2C(=O)O)CC1. The molecule has 20 heavy (non-hydrogen) atoms. The molecule has 0 aromatic heterocycles. The number of carboxylic acid groups (broad SMARTS) is 1. The molecule has 1 aromatic rings. The third kappa shape index (κ3) is 3.73. The normalized spacial score (nSPS) is 16.7. The van der Waals surface area contributed by atoms with Crippen LogP contribution in [0.5, 0.6) is 0 Å². The molecule has 5 heteroatoms. The average Bonchev–Trinajstić information content (AvgIpc) is 2.38. The molecule has 1 heterocycles. The number of carbonyl (C=O) groups is 1. The molecule has 0 radical (unpaired) electrons. The number of halogens is 1. The topological polar surface area (TPSA) is 43.8 Å². The highest BCUT2D eigenvalue weighted by Crippen LogP contribution is 2.26. The van der Waals surface area contributed by atoms with E-state index >= 15 is 0 Å². The van der Waals surface area contributed by atoms with Crippen molar-refractivity contribution < 1.29 is 9.90 Å². The lowest BCUT2D eigenvalue weighted by molar-refractivity contribution is 0.0697. The highest BCUT2D eigenvalue weighted by Gasteiger charge is 2.21. The van der Waals surface area contributed by atoms with Gasteiger partial charge in [-0.25, -0.2) is 4.79 Å². The van der Waals surface area contributed by atoms with Crippen molar-refractivity contribution in [1.29, 1.82) is 0 Å². The van der Waals surface area contributed by atoms with E-state index in [0.717, 1.165) is 42.9 Å². The Morgan fingerprint density at radius 3 is 2.50 bits per heavy atom. The van der Waals surface area contributed by atoms with E-state index in [-0.39, 0.29) is 0 Å². The standard InChI is InChI=1S/C15H21BrN2O2/c1-11(2)10-17-5-7-18(8-6-17)14-9-12(16)3-4-13(14)15(19)20/h3-4,9,11H,5-8,10H2,1-2H3,(H,19,20). The molecule has 0 atom stereocenters. The third-order valence-corrected chi connectivity index (χ3v) is 4.02. The number of hydrogen-bond acceptors (Lipinski definition) is 3. The van der Waals surface area contributed by atoms with Crippen molar-refractivity contribution in [1.82, 2.24) is 4.90 Å². The summed E-state index contributed by atoms with van der Waals surface area (Å²) >= 11 is 3.43. The Morgan fingerprint density at radius 1 is 1.30 bits per heavy atom. The van der Waals surface area contributed by atoms with Crippen LogP contribution in [0, 0.1) is 5.92 Å². The zero-order valence-electron chi connectivity index (χ0n) is 12.0. The summed E-state index contributed by atoms with van der Waals surface area (Å²) in [7, 11) is 0. The van der Waals surface area contributed by atoms with Gasteiger partial charge in [-0.2, -0.15) is 0 Å². The summed E-state index contributed by atoms with van der Waals surface area (Å²) in [6.07, 6.45) is 0. The molecule has 0 spiro atoms. The van der Waals surface area contributed by atoms with Gasteiger partial charge in [0.15, 0.2) is 0 Å². The average molecular weight is 341 g/mol. The van der Waals surface area contributed by atoms with Crippen molar-refractivity contribution >= 4 is 27.6 Å². The summed E-state index contributed by atoms with van der Waals surface area (Å²) in [5, 5.41) is 9.31. The van der Waals surface area contributed by atoms with Crippen LogP contribution in [0.25, 0.3) is 0 Å². The molecule has 0 aliphatic carbocycles. The zero-order chi connectivity index (χ0) is 14.7. The minimum atomic E-state index is -0.864. The number of nitrogens with zero attached hydrogens (tertiary/aromatic N) is 2. The van der Waals surface area contributed by atoms with Gasteiger partial charge in [-0.1, -0.05) is 29.8 Å². The van der Waals surface area contributed by atoms with Gasteiger partial charge in [0.25, 0.3) is 0 Å². The van der Waals surface area contributed by atoms with Gasteiger partial charge < -0.3 is 10.0 Å². The number of carboxylic acids is 1. The van der Waals surface area contributed by atoms with Crippen LogP contribution in [-0.4, -0.2) is 48.7 Å². The quantitative estimate of drug-likeness (QED) is 0.915. The van der Waals surface area contributed by atoms with Gasteiger partial charge in [-0.15, -0.1) is 0 Å². The van der Waals surface area contributed by atoms with E-state index in [0.29, 0.717) is 11.5 Å². The van der Waals surface area contributed by atoms with E-state index in [1.54, 1.807) is 12.1 Å². The maximum atomic E-state index is 11.3. The summed E-state index contributed by atoms with van der Waals surface area (Å²) in [6.45, 7) is 9.30. The fourth-order valence-electron chi connectivity index (χ4n) is 2.64. The smallest absolute Gasteiger partial charge is 0.337 e. The first-order valence-electron chi connectivity index (χ1n) is 6.97. The Bertz CT molecular complexity index is 483. The molecule has 1 N–H and O–H groups in total. The van der Waals surface area contributed by atoms with Crippen molar-refractivity contribution in [3.8, 4) is 0 Å². The molecule has 0 unspecified atom stereocenters. The number of anilines is 1. The lowest BCUT2D eigenvalue weighted by atomic mass is 10.1. The molecule has 110 valence electrons. The van der Waals surface area contributed by atoms with Crippen molar-refractivity contribution in [3.05, 3.63) is 28.2 Å². The van der Waals surface area contributed by atoms with Gasteiger partial charge in [-0.05, 0) is 24.1 Å². The fraction of sp³-hybridized carbons (Fsp3) is 0.533. The van der Waals surface area contributed by atoms with Gasteiger partial charge in [0, 0.05) is 37.2 Å². The van der Waals surface area contributed by atoms with E-state index < -0.39 is 5.97 Å². The Morgan fingerprint density at radius 2 is 1.95 bits per heavy atom. The van der Waals surface area contributed by atoms with Crippen LogP contribution in [0.4, 0.5) is 5.69 Å². The van der Waals surface area contributed by atoms with Gasteiger partial charge in [0.1, 0.15) is 0 Å². The molecule has 4 nitrogen and oxygen atoms in total. The van der Waals surface area contributed by atoms with Crippen molar-refractivity contribution in [2.24, 2.45) is 5.92 Å². The molecule has 1 fully saturated rings. The molecule has 1 saturated heterocycles. The van der Waals surface area contributed by atoms with E-state index in [9.17, 15) is 9.90 Å². The molecule has 2 rings (SSSR count). The molecule has 0 bridgehead atoms. The maximum absolute atomic E-state index is 11.3. The van der Waals surface area contributed by atoms with Crippen LogP contribution in [0.15, 0.2) is 22.7 Å². The predicted molar refractivity (Wildman–Crippen MR) is 84.6 cm³/mol. The summed E-state index contributed by atoms with van der Waals surface area (Å²) in [5.74, 6) is -0.195. The summed E-state index contributed by atoms with van der Waals surface area (Å²) in [4.78, 5) is 15.9. The number of benzene rings is 1. The molecule has 1 aliphatic rings. The molecule has 0 amide bonds. The maximum Gasteiger partial charge on any atom is 0.337 e. The second-order valence-corrected chi connectivity index (χ2v) is 6.56. The van der Waals surface area contributed by atoms with E-state index in [1.165, 1.54) is 0 Å². The second kappa shape index (κ2) is 6.59. The number of piperazine rings is 1. The van der Waals surface area contributed by atoms with Crippen LogP contribution in [-0.2, 0) is 0 Å². The number of hydrogen-bond donors (Lipinski definition) is 1. The molecule has 0 saturated carbocycles. The Balaban J connectivity index is 2.10. The fourth-order valence-corrected chi connectivity index (χ4v) is 2.98. The first-order chi connectivity index (χ1) is 9.47. The monoisotopic (exact) mass is 340 g/mol. The lowest BCUT2D eigenvalue weighted by Gasteiger charge is -2.37. The molecule has 1 aliphatic heterocycles. The first-order valence-corrected chi connectivity index (χ1v) is 7.77. The minimum absolute atomic E-state index is 0.380. The van der Waals surface area contributed by atoms with Gasteiger partial charge in [0.2, 0.25) is 0 Å². The second-order valence-electron chi connectivity index (χ2n) is 5.65. The molecular weight excluding hydrogens is 320 g/mol. The summed E-state index contributed by atoms with van der Waals surface area (Å²) < 4.78 is 0.919. The largest absolute Gasteiger partial charge is 0.478 e. The summed E-state index contributed by atoms with van der Waals surface area (Å²) in [5.41, 5.74) is 1.20. The predicted octanol–water partition coefficient (Wildman–Crippen LogP) is 2.93. The van der Waals surface area contributed by atoms with Crippen molar-refractivity contribution in [2.75, 3.05) is 37.6 Å². The molecule has 1 aromatic carbocycles. The van der Waals surface area contributed by atoms with Crippen molar-refractivity contribution in [3.63, 3.8) is 0 Å².